The Morgan fingerprint density at radius 1 is 1.35 bits per heavy atom. The lowest BCUT2D eigenvalue weighted by Crippen LogP contribution is -2.36. The van der Waals surface area contributed by atoms with Crippen molar-refractivity contribution < 1.29 is 4.79 Å². The molecule has 1 aromatic heterocycles. The molecule has 0 fully saturated rings. The number of imidazole rings is 1. The fourth-order valence-electron chi connectivity index (χ4n) is 2.23. The third kappa shape index (κ3) is 2.82. The van der Waals surface area contributed by atoms with E-state index < -0.39 is 0 Å². The van der Waals surface area contributed by atoms with Gasteiger partial charge in [0.1, 0.15) is 0 Å². The average molecular weight is 291 g/mol. The zero-order chi connectivity index (χ0) is 14.7. The third-order valence-corrected chi connectivity index (χ3v) is 4.58. The van der Waals surface area contributed by atoms with E-state index in [1.165, 1.54) is 11.8 Å². The molecule has 1 amide bonds. The first kappa shape index (κ1) is 14.9. The van der Waals surface area contributed by atoms with Gasteiger partial charge in [0.05, 0.1) is 16.3 Å². The van der Waals surface area contributed by atoms with Crippen molar-refractivity contribution in [2.24, 2.45) is 7.05 Å². The van der Waals surface area contributed by atoms with E-state index in [2.05, 4.69) is 4.98 Å². The SMILES string of the molecule is CCN(CC)C(=O)C(C)Sc1nc2ccccc2n1C. The fourth-order valence-corrected chi connectivity index (χ4v) is 3.20. The molecule has 1 heterocycles. The molecule has 0 saturated heterocycles. The van der Waals surface area contributed by atoms with Crippen LogP contribution in [0.15, 0.2) is 29.4 Å². The van der Waals surface area contributed by atoms with Crippen LogP contribution in [-0.4, -0.2) is 38.7 Å². The highest BCUT2D eigenvalue weighted by atomic mass is 32.2. The minimum Gasteiger partial charge on any atom is -0.342 e. The van der Waals surface area contributed by atoms with Crippen molar-refractivity contribution in [1.29, 1.82) is 0 Å². The van der Waals surface area contributed by atoms with Crippen molar-refractivity contribution in [2.45, 2.75) is 31.2 Å². The number of hydrogen-bond donors (Lipinski definition) is 0. The third-order valence-electron chi connectivity index (χ3n) is 3.45. The summed E-state index contributed by atoms with van der Waals surface area (Å²) in [6.07, 6.45) is 0. The summed E-state index contributed by atoms with van der Waals surface area (Å²) in [7, 11) is 1.99. The number of carbonyl (C=O) groups is 1. The van der Waals surface area contributed by atoms with E-state index >= 15 is 0 Å². The van der Waals surface area contributed by atoms with Gasteiger partial charge in [0.2, 0.25) is 5.91 Å². The van der Waals surface area contributed by atoms with E-state index in [-0.39, 0.29) is 11.2 Å². The maximum Gasteiger partial charge on any atom is 0.235 e. The molecule has 1 atom stereocenters. The molecule has 2 rings (SSSR count). The van der Waals surface area contributed by atoms with Gasteiger partial charge in [0.25, 0.3) is 0 Å². The Labute approximate surface area is 124 Å². The summed E-state index contributed by atoms with van der Waals surface area (Å²) < 4.78 is 2.05. The summed E-state index contributed by atoms with van der Waals surface area (Å²) in [6.45, 7) is 7.47. The number of aryl methyl sites for hydroxylation is 1. The Bertz CT molecular complexity index is 604. The van der Waals surface area contributed by atoms with Crippen LogP contribution in [-0.2, 0) is 11.8 Å². The van der Waals surface area contributed by atoms with Crippen LogP contribution in [0, 0.1) is 0 Å². The van der Waals surface area contributed by atoms with E-state index in [1.807, 2.05) is 61.6 Å². The number of hydrogen-bond acceptors (Lipinski definition) is 3. The summed E-state index contributed by atoms with van der Waals surface area (Å²) in [4.78, 5) is 18.8. The number of rotatable bonds is 5. The van der Waals surface area contributed by atoms with Crippen molar-refractivity contribution in [2.75, 3.05) is 13.1 Å². The number of carbonyl (C=O) groups excluding carboxylic acids is 1. The van der Waals surface area contributed by atoms with Gasteiger partial charge < -0.3 is 9.47 Å². The summed E-state index contributed by atoms with van der Waals surface area (Å²) in [5.74, 6) is 0.173. The maximum absolute atomic E-state index is 12.3. The van der Waals surface area contributed by atoms with E-state index in [9.17, 15) is 4.79 Å². The Morgan fingerprint density at radius 2 is 2.00 bits per heavy atom. The highest BCUT2D eigenvalue weighted by Gasteiger charge is 2.21. The maximum atomic E-state index is 12.3. The smallest absolute Gasteiger partial charge is 0.235 e. The molecule has 4 nitrogen and oxygen atoms in total. The first-order valence-electron chi connectivity index (χ1n) is 6.95. The standard InChI is InChI=1S/C15H21N3OS/c1-5-18(6-2)14(19)11(3)20-15-16-12-9-7-8-10-13(12)17(15)4/h7-11H,5-6H2,1-4H3. The first-order chi connectivity index (χ1) is 9.58. The zero-order valence-corrected chi connectivity index (χ0v) is 13.3. The number of benzene rings is 1. The average Bonchev–Trinajstić information content (AvgIpc) is 2.77. The van der Waals surface area contributed by atoms with Gasteiger partial charge in [-0.25, -0.2) is 4.98 Å². The van der Waals surface area contributed by atoms with E-state index in [0.717, 1.165) is 29.3 Å². The van der Waals surface area contributed by atoms with Gasteiger partial charge in [0.15, 0.2) is 5.16 Å². The van der Waals surface area contributed by atoms with Gasteiger partial charge in [0, 0.05) is 20.1 Å². The quantitative estimate of drug-likeness (QED) is 0.795. The summed E-state index contributed by atoms with van der Waals surface area (Å²) >= 11 is 1.52. The largest absolute Gasteiger partial charge is 0.342 e. The van der Waals surface area contributed by atoms with Crippen LogP contribution in [0.3, 0.4) is 0 Å². The number of amides is 1. The van der Waals surface area contributed by atoms with Crippen LogP contribution in [0.4, 0.5) is 0 Å². The van der Waals surface area contributed by atoms with Crippen LogP contribution >= 0.6 is 11.8 Å². The minimum absolute atomic E-state index is 0.120. The van der Waals surface area contributed by atoms with Gasteiger partial charge in [-0.2, -0.15) is 0 Å². The lowest BCUT2D eigenvalue weighted by molar-refractivity contribution is -0.129. The summed E-state index contributed by atoms with van der Waals surface area (Å²) in [5.41, 5.74) is 2.07. The molecule has 1 unspecified atom stereocenters. The molecule has 5 heteroatoms. The van der Waals surface area contributed by atoms with Gasteiger partial charge in [-0.3, -0.25) is 4.79 Å². The number of fused-ring (bicyclic) bond motifs is 1. The Morgan fingerprint density at radius 3 is 2.60 bits per heavy atom. The zero-order valence-electron chi connectivity index (χ0n) is 12.5. The van der Waals surface area contributed by atoms with E-state index in [4.69, 9.17) is 0 Å². The topological polar surface area (TPSA) is 38.1 Å². The van der Waals surface area contributed by atoms with Crippen LogP contribution in [0.2, 0.25) is 0 Å². The molecule has 2 aromatic rings. The molecule has 0 radical (unpaired) electrons. The van der Waals surface area contributed by atoms with Crippen LogP contribution in [0.25, 0.3) is 11.0 Å². The summed E-state index contributed by atoms with van der Waals surface area (Å²) in [6, 6.07) is 8.02. The lowest BCUT2D eigenvalue weighted by Gasteiger charge is -2.22. The number of thioether (sulfide) groups is 1. The molecular formula is C15H21N3OS. The fraction of sp³-hybridized carbons (Fsp3) is 0.467. The predicted octanol–water partition coefficient (Wildman–Crippen LogP) is 2.92. The van der Waals surface area contributed by atoms with Crippen LogP contribution in [0.1, 0.15) is 20.8 Å². The molecule has 0 aliphatic heterocycles. The van der Waals surface area contributed by atoms with E-state index in [1.54, 1.807) is 0 Å². The van der Waals surface area contributed by atoms with Crippen LogP contribution < -0.4 is 0 Å². The number of aromatic nitrogens is 2. The highest BCUT2D eigenvalue weighted by molar-refractivity contribution is 8.00. The van der Waals surface area contributed by atoms with Crippen molar-refractivity contribution in [3.8, 4) is 0 Å². The van der Waals surface area contributed by atoms with Crippen LogP contribution in [0.5, 0.6) is 0 Å². The highest BCUT2D eigenvalue weighted by Crippen LogP contribution is 2.26. The normalized spacial score (nSPS) is 12.6. The van der Waals surface area contributed by atoms with Gasteiger partial charge >= 0.3 is 0 Å². The Balaban J connectivity index is 2.19. The molecule has 0 spiro atoms. The molecule has 1 aromatic carbocycles. The molecule has 0 bridgehead atoms. The van der Waals surface area contributed by atoms with Gasteiger partial charge in [-0.05, 0) is 32.9 Å². The van der Waals surface area contributed by atoms with Crippen molar-refractivity contribution in [1.82, 2.24) is 14.5 Å². The Hall–Kier alpha value is -1.49. The molecule has 108 valence electrons. The van der Waals surface area contributed by atoms with Crippen molar-refractivity contribution >= 4 is 28.7 Å². The van der Waals surface area contributed by atoms with E-state index in [0.29, 0.717) is 0 Å². The molecule has 0 aliphatic rings. The van der Waals surface area contributed by atoms with Gasteiger partial charge in [-0.1, -0.05) is 23.9 Å². The molecule has 0 aliphatic carbocycles. The predicted molar refractivity (Wildman–Crippen MR) is 84.0 cm³/mol. The Kier molecular flexibility index (Phi) is 4.70. The monoisotopic (exact) mass is 291 g/mol. The molecular weight excluding hydrogens is 270 g/mol. The van der Waals surface area contributed by atoms with Crippen molar-refractivity contribution in [3.05, 3.63) is 24.3 Å². The number of para-hydroxylation sites is 2. The molecule has 20 heavy (non-hydrogen) atoms. The minimum atomic E-state index is -0.120. The first-order valence-corrected chi connectivity index (χ1v) is 7.83. The summed E-state index contributed by atoms with van der Waals surface area (Å²) in [5, 5.41) is 0.768. The second kappa shape index (κ2) is 6.31. The van der Waals surface area contributed by atoms with Crippen molar-refractivity contribution in [3.63, 3.8) is 0 Å². The second-order valence-electron chi connectivity index (χ2n) is 4.71. The lowest BCUT2D eigenvalue weighted by atomic mass is 10.3. The number of nitrogens with zero attached hydrogens (tertiary/aromatic N) is 3. The molecule has 0 saturated carbocycles. The van der Waals surface area contributed by atoms with Gasteiger partial charge in [-0.15, -0.1) is 0 Å². The molecule has 0 N–H and O–H groups in total. The second-order valence-corrected chi connectivity index (χ2v) is 6.02.